The molecule has 0 bridgehead atoms. The van der Waals surface area contributed by atoms with Crippen LogP contribution in [0.5, 0.6) is 0 Å². The molecule has 1 aromatic rings. The molecule has 1 aromatic carbocycles. The summed E-state index contributed by atoms with van der Waals surface area (Å²) in [6.07, 6.45) is 0.174. The number of benzene rings is 1. The fraction of sp³-hybridized carbons (Fsp3) is 0.562. The molecule has 0 aromatic heterocycles. The Balaban J connectivity index is 2.20. The lowest BCUT2D eigenvalue weighted by atomic mass is 9.78. The van der Waals surface area contributed by atoms with Crippen molar-refractivity contribution >= 4 is 18.5 Å². The molecular formula is C16H23BFNO3. The fourth-order valence-electron chi connectivity index (χ4n) is 2.17. The van der Waals surface area contributed by atoms with Crippen LogP contribution in [-0.2, 0) is 20.5 Å². The van der Waals surface area contributed by atoms with E-state index in [9.17, 15) is 9.18 Å². The topological polar surface area (TPSA) is 38.8 Å². The molecule has 1 heterocycles. The van der Waals surface area contributed by atoms with Gasteiger partial charge in [-0.15, -0.1) is 0 Å². The minimum Gasteiger partial charge on any atom is -0.399 e. The smallest absolute Gasteiger partial charge is 0.399 e. The molecule has 4 nitrogen and oxygen atoms in total. The maximum atomic E-state index is 14.4. The highest BCUT2D eigenvalue weighted by Gasteiger charge is 2.52. The highest BCUT2D eigenvalue weighted by atomic mass is 19.1. The summed E-state index contributed by atoms with van der Waals surface area (Å²) in [5.41, 5.74) is -0.0240. The van der Waals surface area contributed by atoms with Gasteiger partial charge in [-0.2, -0.15) is 0 Å². The Bertz CT molecular complexity index is 571. The first-order chi connectivity index (χ1) is 10.0. The fourth-order valence-corrected chi connectivity index (χ4v) is 2.17. The van der Waals surface area contributed by atoms with Gasteiger partial charge in [0.2, 0.25) is 5.91 Å². The average molecular weight is 307 g/mol. The molecule has 120 valence electrons. The second kappa shape index (κ2) is 5.67. The van der Waals surface area contributed by atoms with Crippen molar-refractivity contribution in [2.24, 2.45) is 0 Å². The van der Waals surface area contributed by atoms with Crippen LogP contribution in [0.4, 0.5) is 4.39 Å². The lowest BCUT2D eigenvalue weighted by Gasteiger charge is -2.32. The van der Waals surface area contributed by atoms with Crippen LogP contribution in [0.2, 0.25) is 0 Å². The SMILES string of the molecule is CN(C)C(=O)Cc1ccc(B2OC(C)(C)C(C)(C)O2)c(F)c1. The number of likely N-dealkylation sites (N-methyl/N-ethyl adjacent to an activating group) is 1. The Morgan fingerprint density at radius 3 is 2.18 bits per heavy atom. The van der Waals surface area contributed by atoms with Crippen LogP contribution in [0.3, 0.4) is 0 Å². The van der Waals surface area contributed by atoms with Gasteiger partial charge in [-0.3, -0.25) is 4.79 Å². The average Bonchev–Trinajstić information content (AvgIpc) is 2.58. The number of carbonyl (C=O) groups excluding carboxylic acids is 1. The van der Waals surface area contributed by atoms with Crippen molar-refractivity contribution in [2.45, 2.75) is 45.3 Å². The zero-order valence-electron chi connectivity index (χ0n) is 14.1. The summed E-state index contributed by atoms with van der Waals surface area (Å²) in [6, 6.07) is 4.75. The lowest BCUT2D eigenvalue weighted by molar-refractivity contribution is -0.127. The minimum absolute atomic E-state index is 0.0669. The lowest BCUT2D eigenvalue weighted by Crippen LogP contribution is -2.41. The van der Waals surface area contributed by atoms with Gasteiger partial charge in [0.1, 0.15) is 5.82 Å². The number of carbonyl (C=O) groups is 1. The van der Waals surface area contributed by atoms with Gasteiger partial charge in [0.05, 0.1) is 17.6 Å². The van der Waals surface area contributed by atoms with E-state index >= 15 is 0 Å². The standard InChI is InChI=1S/C16H23BFNO3/c1-15(2)16(3,4)22-17(21-15)12-8-7-11(9-13(12)18)10-14(20)19(5)6/h7-9H,10H2,1-6H3. The van der Waals surface area contributed by atoms with E-state index in [0.29, 0.717) is 11.0 Å². The normalized spacial score (nSPS) is 19.3. The van der Waals surface area contributed by atoms with Crippen LogP contribution in [-0.4, -0.2) is 43.2 Å². The maximum absolute atomic E-state index is 14.4. The van der Waals surface area contributed by atoms with Crippen LogP contribution < -0.4 is 5.46 Å². The summed E-state index contributed by atoms with van der Waals surface area (Å²) in [5.74, 6) is -0.481. The summed E-state index contributed by atoms with van der Waals surface area (Å²) in [4.78, 5) is 13.2. The summed E-state index contributed by atoms with van der Waals surface area (Å²) >= 11 is 0. The molecule has 6 heteroatoms. The van der Waals surface area contributed by atoms with Crippen LogP contribution in [0.15, 0.2) is 18.2 Å². The minimum atomic E-state index is -0.733. The second-order valence-electron chi connectivity index (χ2n) is 6.91. The van der Waals surface area contributed by atoms with Crippen LogP contribution in [0.25, 0.3) is 0 Å². The predicted molar refractivity (Wildman–Crippen MR) is 84.5 cm³/mol. The number of hydrogen-bond acceptors (Lipinski definition) is 3. The maximum Gasteiger partial charge on any atom is 0.497 e. The van der Waals surface area contributed by atoms with Gasteiger partial charge in [0.15, 0.2) is 0 Å². The number of nitrogens with zero attached hydrogens (tertiary/aromatic N) is 1. The number of hydrogen-bond donors (Lipinski definition) is 0. The second-order valence-corrected chi connectivity index (χ2v) is 6.91. The number of rotatable bonds is 3. The van der Waals surface area contributed by atoms with Gasteiger partial charge in [0, 0.05) is 19.6 Å². The van der Waals surface area contributed by atoms with Gasteiger partial charge in [0.25, 0.3) is 0 Å². The van der Waals surface area contributed by atoms with Crippen molar-refractivity contribution in [3.63, 3.8) is 0 Å². The van der Waals surface area contributed by atoms with Crippen molar-refractivity contribution in [1.29, 1.82) is 0 Å². The Morgan fingerprint density at radius 2 is 1.73 bits per heavy atom. The molecule has 2 rings (SSSR count). The molecule has 0 aliphatic carbocycles. The third kappa shape index (κ3) is 3.18. The molecule has 1 aliphatic heterocycles. The van der Waals surface area contributed by atoms with E-state index in [1.165, 1.54) is 11.0 Å². The first kappa shape index (κ1) is 17.0. The summed E-state index contributed by atoms with van der Waals surface area (Å²) in [6.45, 7) is 7.70. The molecule has 0 spiro atoms. The molecule has 0 radical (unpaired) electrons. The summed E-state index contributed by atoms with van der Waals surface area (Å²) < 4.78 is 26.1. The first-order valence-electron chi connectivity index (χ1n) is 7.37. The highest BCUT2D eigenvalue weighted by molar-refractivity contribution is 6.62. The molecule has 1 amide bonds. The molecule has 0 N–H and O–H groups in total. The van der Waals surface area contributed by atoms with Gasteiger partial charge >= 0.3 is 7.12 Å². The molecule has 0 saturated carbocycles. The summed E-state index contributed by atoms with van der Waals surface area (Å²) in [7, 11) is 2.62. The largest absolute Gasteiger partial charge is 0.497 e. The number of halogens is 1. The molecule has 1 saturated heterocycles. The van der Waals surface area contributed by atoms with E-state index < -0.39 is 24.1 Å². The monoisotopic (exact) mass is 307 g/mol. The molecule has 0 atom stereocenters. The predicted octanol–water partition coefficient (Wildman–Crippen LogP) is 1.76. The Kier molecular flexibility index (Phi) is 4.37. The van der Waals surface area contributed by atoms with Crippen LogP contribution >= 0.6 is 0 Å². The molecule has 0 unspecified atom stereocenters. The quantitative estimate of drug-likeness (QED) is 0.799. The van der Waals surface area contributed by atoms with Crippen molar-refractivity contribution in [3.8, 4) is 0 Å². The van der Waals surface area contributed by atoms with E-state index in [-0.39, 0.29) is 12.3 Å². The van der Waals surface area contributed by atoms with E-state index in [2.05, 4.69) is 0 Å². The van der Waals surface area contributed by atoms with E-state index in [1.54, 1.807) is 26.2 Å². The Labute approximate surface area is 131 Å². The van der Waals surface area contributed by atoms with Crippen molar-refractivity contribution in [2.75, 3.05) is 14.1 Å². The number of amides is 1. The summed E-state index contributed by atoms with van der Waals surface area (Å²) in [5, 5.41) is 0. The van der Waals surface area contributed by atoms with Crippen molar-refractivity contribution < 1.29 is 18.5 Å². The Hall–Kier alpha value is -1.40. The first-order valence-corrected chi connectivity index (χ1v) is 7.37. The van der Waals surface area contributed by atoms with Crippen molar-refractivity contribution in [1.82, 2.24) is 4.90 Å². The van der Waals surface area contributed by atoms with Crippen molar-refractivity contribution in [3.05, 3.63) is 29.6 Å². The zero-order valence-corrected chi connectivity index (χ0v) is 14.1. The van der Waals surface area contributed by atoms with E-state index in [4.69, 9.17) is 9.31 Å². The van der Waals surface area contributed by atoms with Crippen LogP contribution in [0.1, 0.15) is 33.3 Å². The van der Waals surface area contributed by atoms with Gasteiger partial charge in [-0.1, -0.05) is 12.1 Å². The third-order valence-corrected chi connectivity index (χ3v) is 4.43. The molecule has 1 aliphatic rings. The van der Waals surface area contributed by atoms with E-state index in [1.807, 2.05) is 27.7 Å². The molecule has 22 heavy (non-hydrogen) atoms. The highest BCUT2D eigenvalue weighted by Crippen LogP contribution is 2.36. The van der Waals surface area contributed by atoms with E-state index in [0.717, 1.165) is 0 Å². The Morgan fingerprint density at radius 1 is 1.18 bits per heavy atom. The van der Waals surface area contributed by atoms with Gasteiger partial charge in [-0.25, -0.2) is 4.39 Å². The third-order valence-electron chi connectivity index (χ3n) is 4.43. The van der Waals surface area contributed by atoms with Crippen LogP contribution in [0, 0.1) is 5.82 Å². The van der Waals surface area contributed by atoms with Gasteiger partial charge < -0.3 is 14.2 Å². The van der Waals surface area contributed by atoms with Gasteiger partial charge in [-0.05, 0) is 39.3 Å². The molecular weight excluding hydrogens is 284 g/mol. The molecule has 1 fully saturated rings. The zero-order chi connectivity index (χ0) is 16.7.